The first-order valence-electron chi connectivity index (χ1n) is 15.3. The number of pyridine rings is 1. The van der Waals surface area contributed by atoms with Crippen LogP contribution in [0.25, 0.3) is 11.1 Å². The zero-order valence-electron chi connectivity index (χ0n) is 24.4. The Labute approximate surface area is 261 Å². The van der Waals surface area contributed by atoms with E-state index in [4.69, 9.17) is 21.3 Å². The van der Waals surface area contributed by atoms with Crippen LogP contribution in [0.4, 0.5) is 33.8 Å². The highest BCUT2D eigenvalue weighted by atomic mass is 35.5. The lowest BCUT2D eigenvalue weighted by molar-refractivity contribution is 0.190. The molecule has 1 saturated heterocycles. The summed E-state index contributed by atoms with van der Waals surface area (Å²) >= 11 is 6.41. The van der Waals surface area contributed by atoms with Crippen molar-refractivity contribution in [2.24, 2.45) is 0 Å². The monoisotopic (exact) mass is 610 g/mol. The van der Waals surface area contributed by atoms with Crippen LogP contribution in [0, 0.1) is 0 Å². The van der Waals surface area contributed by atoms with Crippen LogP contribution in [0.5, 0.6) is 5.75 Å². The van der Waals surface area contributed by atoms with Crippen LogP contribution < -0.4 is 25.6 Å². The van der Waals surface area contributed by atoms with Gasteiger partial charge in [-0.15, -0.1) is 0 Å². The molecule has 0 atom stereocenters. The summed E-state index contributed by atoms with van der Waals surface area (Å²) in [6, 6.07) is 18.6. The number of nitrogens with one attached hydrogen (secondary N) is 3. The average Bonchev–Trinajstić information content (AvgIpc) is 3.56. The summed E-state index contributed by atoms with van der Waals surface area (Å²) in [5.74, 6) is 2.62. The Morgan fingerprint density at radius 1 is 0.909 bits per heavy atom. The first kappa shape index (κ1) is 28.2. The Morgan fingerprint density at radius 3 is 2.59 bits per heavy atom. The van der Waals surface area contributed by atoms with Crippen molar-refractivity contribution in [1.29, 1.82) is 0 Å². The molecule has 1 aliphatic carbocycles. The smallest absolute Gasteiger partial charge is 0.317 e. The molecule has 6 bridgehead atoms. The topological polar surface area (TPSA) is 108 Å². The molecule has 3 N–H and O–H groups in total. The van der Waals surface area contributed by atoms with Gasteiger partial charge < -0.3 is 30.5 Å². The lowest BCUT2D eigenvalue weighted by Crippen LogP contribution is -2.53. The quantitative estimate of drug-likeness (QED) is 0.245. The van der Waals surface area contributed by atoms with E-state index in [1.54, 1.807) is 6.20 Å². The maximum Gasteiger partial charge on any atom is 0.317 e. The minimum Gasteiger partial charge on any atom is -0.493 e. The molecule has 3 aliphatic rings. The molecule has 2 fully saturated rings. The summed E-state index contributed by atoms with van der Waals surface area (Å²) < 4.78 is 6.09. The minimum atomic E-state index is 0.0664. The van der Waals surface area contributed by atoms with Crippen LogP contribution in [-0.2, 0) is 6.42 Å². The fourth-order valence-corrected chi connectivity index (χ4v) is 6.16. The van der Waals surface area contributed by atoms with E-state index >= 15 is 0 Å². The van der Waals surface area contributed by atoms with Crippen LogP contribution >= 0.6 is 11.6 Å². The molecule has 2 amide bonds. The van der Waals surface area contributed by atoms with Crippen molar-refractivity contribution in [3.8, 4) is 16.9 Å². The van der Waals surface area contributed by atoms with Crippen molar-refractivity contribution in [1.82, 2.24) is 25.2 Å². The van der Waals surface area contributed by atoms with E-state index in [2.05, 4.69) is 61.2 Å². The van der Waals surface area contributed by atoms with Crippen LogP contribution in [0.2, 0.25) is 5.02 Å². The number of nitrogens with zero attached hydrogens (tertiary/aromatic N) is 5. The van der Waals surface area contributed by atoms with Crippen molar-refractivity contribution >= 4 is 46.6 Å². The minimum absolute atomic E-state index is 0.0664. The maximum absolute atomic E-state index is 12.7. The summed E-state index contributed by atoms with van der Waals surface area (Å²) in [5, 5.41) is 10.2. The summed E-state index contributed by atoms with van der Waals surface area (Å²) in [4.78, 5) is 30.7. The number of carbonyl (C=O) groups excluding carboxylic acids is 1. The summed E-state index contributed by atoms with van der Waals surface area (Å²) in [5.41, 5.74) is 4.83. The molecule has 2 aliphatic heterocycles. The van der Waals surface area contributed by atoms with E-state index in [0.29, 0.717) is 42.5 Å². The van der Waals surface area contributed by atoms with Gasteiger partial charge in [-0.05, 0) is 60.4 Å². The standard InChI is InChI=1S/C33H35ClN8O2/c34-29-21-36-32-38-27-17-22(10-15-44-28-7-3-6-26(19-28)37-31(29)40-32)16-24(18-27)23-8-9-30(35-20-23)41-11-13-42(14-12-41)33(43)39-25-4-1-2-5-25/h3,6-9,16-21,25H,1-2,4-5,10-15H2,(H,39,43)(H2,36,37,38,40). The molecule has 10 nitrogen and oxygen atoms in total. The molecular formula is C33H35ClN8O2. The Kier molecular flexibility index (Phi) is 8.06. The molecule has 0 radical (unpaired) electrons. The Morgan fingerprint density at radius 2 is 1.77 bits per heavy atom. The number of carbonyl (C=O) groups is 1. The van der Waals surface area contributed by atoms with Gasteiger partial charge in [0.15, 0.2) is 5.82 Å². The first-order valence-corrected chi connectivity index (χ1v) is 15.6. The van der Waals surface area contributed by atoms with Gasteiger partial charge in [-0.25, -0.2) is 14.8 Å². The van der Waals surface area contributed by atoms with Gasteiger partial charge in [-0.2, -0.15) is 4.98 Å². The predicted octanol–water partition coefficient (Wildman–Crippen LogP) is 6.39. The molecular weight excluding hydrogens is 576 g/mol. The highest BCUT2D eigenvalue weighted by Gasteiger charge is 2.25. The van der Waals surface area contributed by atoms with Crippen molar-refractivity contribution in [3.63, 3.8) is 0 Å². The average molecular weight is 611 g/mol. The number of aromatic nitrogens is 3. The van der Waals surface area contributed by atoms with E-state index in [-0.39, 0.29) is 6.03 Å². The third kappa shape index (κ3) is 6.50. The highest BCUT2D eigenvalue weighted by Crippen LogP contribution is 2.31. The van der Waals surface area contributed by atoms with Crippen molar-refractivity contribution in [2.75, 3.05) is 48.3 Å². The number of benzene rings is 2. The largest absolute Gasteiger partial charge is 0.493 e. The third-order valence-corrected chi connectivity index (χ3v) is 8.68. The van der Waals surface area contributed by atoms with E-state index in [1.807, 2.05) is 35.4 Å². The molecule has 0 unspecified atom stereocenters. The molecule has 1 saturated carbocycles. The zero-order chi connectivity index (χ0) is 29.9. The van der Waals surface area contributed by atoms with Crippen molar-refractivity contribution in [2.45, 2.75) is 38.1 Å². The van der Waals surface area contributed by atoms with E-state index < -0.39 is 0 Å². The Bertz CT molecular complexity index is 1640. The summed E-state index contributed by atoms with van der Waals surface area (Å²) in [6.07, 6.45) is 8.83. The molecule has 7 rings (SSSR count). The van der Waals surface area contributed by atoms with Crippen molar-refractivity contribution < 1.29 is 9.53 Å². The number of fused-ring (bicyclic) bond motifs is 6. The number of anilines is 5. The van der Waals surface area contributed by atoms with Gasteiger partial charge in [0.2, 0.25) is 5.95 Å². The second-order valence-electron chi connectivity index (χ2n) is 11.5. The number of hydrogen-bond donors (Lipinski definition) is 3. The van der Waals surface area contributed by atoms with Crippen LogP contribution in [0.15, 0.2) is 67.0 Å². The first-order chi connectivity index (χ1) is 21.6. The second kappa shape index (κ2) is 12.6. The lowest BCUT2D eigenvalue weighted by Gasteiger charge is -2.36. The van der Waals surface area contributed by atoms with Crippen LogP contribution in [0.1, 0.15) is 31.2 Å². The molecule has 2 aromatic heterocycles. The lowest BCUT2D eigenvalue weighted by atomic mass is 10.0. The van der Waals surface area contributed by atoms with E-state index in [9.17, 15) is 4.79 Å². The van der Waals surface area contributed by atoms with Crippen molar-refractivity contribution in [3.05, 3.63) is 77.6 Å². The van der Waals surface area contributed by atoms with Gasteiger partial charge in [-0.3, -0.25) is 0 Å². The van der Waals surface area contributed by atoms with Gasteiger partial charge in [0.1, 0.15) is 16.6 Å². The molecule has 226 valence electrons. The van der Waals surface area contributed by atoms with Gasteiger partial charge in [0.25, 0.3) is 0 Å². The van der Waals surface area contributed by atoms with Gasteiger partial charge in [0, 0.05) is 67.8 Å². The maximum atomic E-state index is 12.7. The fourth-order valence-electron chi connectivity index (χ4n) is 6.02. The van der Waals surface area contributed by atoms with E-state index in [1.165, 1.54) is 12.8 Å². The number of rotatable bonds is 3. The number of ether oxygens (including phenoxy) is 1. The molecule has 11 heteroatoms. The normalized spacial score (nSPS) is 16.8. The summed E-state index contributed by atoms with van der Waals surface area (Å²) in [6.45, 7) is 3.42. The van der Waals surface area contributed by atoms with Gasteiger partial charge in [0.05, 0.1) is 12.8 Å². The molecule has 4 heterocycles. The number of amides is 2. The van der Waals surface area contributed by atoms with E-state index in [0.717, 1.165) is 72.0 Å². The number of urea groups is 1. The molecule has 0 spiro atoms. The third-order valence-electron chi connectivity index (χ3n) is 8.40. The predicted molar refractivity (Wildman–Crippen MR) is 173 cm³/mol. The zero-order valence-corrected chi connectivity index (χ0v) is 25.2. The number of hydrogen-bond acceptors (Lipinski definition) is 8. The number of piperazine rings is 1. The summed E-state index contributed by atoms with van der Waals surface area (Å²) in [7, 11) is 0. The molecule has 2 aromatic carbocycles. The molecule has 4 aromatic rings. The van der Waals surface area contributed by atoms with Crippen LogP contribution in [0.3, 0.4) is 0 Å². The van der Waals surface area contributed by atoms with Crippen LogP contribution in [-0.4, -0.2) is 64.7 Å². The fraction of sp³-hybridized carbons (Fsp3) is 0.333. The van der Waals surface area contributed by atoms with Gasteiger partial charge >= 0.3 is 6.03 Å². The van der Waals surface area contributed by atoms with Gasteiger partial charge in [-0.1, -0.05) is 36.6 Å². The number of halogens is 1. The highest BCUT2D eigenvalue weighted by molar-refractivity contribution is 6.32. The molecule has 44 heavy (non-hydrogen) atoms. The second-order valence-corrected chi connectivity index (χ2v) is 11.9. The Hall–Kier alpha value is -4.57. The SMILES string of the molecule is O=C(NC1CCCC1)N1CCN(c2ccc(-c3cc4cc(c3)Nc3ncc(Cl)c(n3)Nc3cccc(c3)OCC4)cn2)CC1. The Balaban J connectivity index is 1.08.